The quantitative estimate of drug-likeness (QED) is 0.603. The molecule has 0 aromatic heterocycles. The molecule has 1 amide bonds. The molecule has 0 spiro atoms. The number of terminal acetylenes is 1. The number of halogens is 1. The highest BCUT2D eigenvalue weighted by atomic mass is 79.9. The number of anilines is 1. The van der Waals surface area contributed by atoms with Crippen LogP contribution in [-0.2, 0) is 10.0 Å². The van der Waals surface area contributed by atoms with Crippen molar-refractivity contribution in [2.75, 3.05) is 31.1 Å². The van der Waals surface area contributed by atoms with Gasteiger partial charge in [0, 0.05) is 35.4 Å². The van der Waals surface area contributed by atoms with Gasteiger partial charge in [-0.05, 0) is 54.8 Å². The van der Waals surface area contributed by atoms with Crippen LogP contribution in [0, 0.1) is 18.3 Å². The largest absolute Gasteiger partial charge is 0.371 e. The van der Waals surface area contributed by atoms with Gasteiger partial charge < -0.3 is 10.2 Å². The first-order valence-corrected chi connectivity index (χ1v) is 11.5. The summed E-state index contributed by atoms with van der Waals surface area (Å²) in [5, 5.41) is 2.95. The van der Waals surface area contributed by atoms with E-state index in [1.807, 2.05) is 12.1 Å². The highest BCUT2D eigenvalue weighted by Crippen LogP contribution is 2.26. The van der Waals surface area contributed by atoms with E-state index in [4.69, 9.17) is 6.42 Å². The molecule has 0 radical (unpaired) electrons. The highest BCUT2D eigenvalue weighted by molar-refractivity contribution is 9.10. The van der Waals surface area contributed by atoms with Gasteiger partial charge in [0.1, 0.15) is 0 Å². The molecule has 1 saturated heterocycles. The maximum absolute atomic E-state index is 12.4. The molecule has 1 aliphatic heterocycles. The van der Waals surface area contributed by atoms with Crippen molar-refractivity contribution >= 4 is 37.5 Å². The summed E-state index contributed by atoms with van der Waals surface area (Å²) in [6.45, 7) is 2.33. The lowest BCUT2D eigenvalue weighted by atomic mass is 10.1. The van der Waals surface area contributed by atoms with Gasteiger partial charge in [0.2, 0.25) is 10.0 Å². The molecule has 0 saturated carbocycles. The molecule has 2 aromatic carbocycles. The summed E-state index contributed by atoms with van der Waals surface area (Å²) in [4.78, 5) is 14.8. The molecule has 29 heavy (non-hydrogen) atoms. The second-order valence-corrected chi connectivity index (χ2v) is 9.53. The Morgan fingerprint density at radius 1 is 1.24 bits per heavy atom. The third kappa shape index (κ3) is 5.60. The second-order valence-electron chi connectivity index (χ2n) is 6.84. The molecule has 8 heteroatoms. The van der Waals surface area contributed by atoms with Gasteiger partial charge in [-0.3, -0.25) is 4.79 Å². The zero-order valence-electron chi connectivity index (χ0n) is 15.8. The number of amides is 1. The summed E-state index contributed by atoms with van der Waals surface area (Å²) in [6.07, 6.45) is 6.08. The monoisotopic (exact) mass is 475 g/mol. The number of hydrogen-bond donors (Lipinski definition) is 2. The van der Waals surface area contributed by atoms with Crippen molar-refractivity contribution in [3.63, 3.8) is 0 Å². The third-order valence-electron chi connectivity index (χ3n) is 4.80. The van der Waals surface area contributed by atoms with Crippen LogP contribution in [0.3, 0.4) is 0 Å². The molecule has 1 aliphatic rings. The van der Waals surface area contributed by atoms with Crippen LogP contribution in [0.15, 0.2) is 57.9 Å². The molecule has 1 heterocycles. The molecule has 1 fully saturated rings. The summed E-state index contributed by atoms with van der Waals surface area (Å²) in [7, 11) is -3.66. The average molecular weight is 476 g/mol. The number of nitrogens with one attached hydrogen (secondary N) is 2. The molecule has 1 unspecified atom stereocenters. The van der Waals surface area contributed by atoms with Crippen molar-refractivity contribution in [3.05, 3.63) is 58.6 Å². The fourth-order valence-electron chi connectivity index (χ4n) is 3.25. The van der Waals surface area contributed by atoms with Gasteiger partial charge in [-0.2, -0.15) is 4.72 Å². The Hall–Kier alpha value is -2.34. The summed E-state index contributed by atoms with van der Waals surface area (Å²) >= 11 is 3.50. The second kappa shape index (κ2) is 9.44. The predicted molar refractivity (Wildman–Crippen MR) is 117 cm³/mol. The number of rotatable bonds is 7. The maximum Gasteiger partial charge on any atom is 0.251 e. The van der Waals surface area contributed by atoms with Crippen molar-refractivity contribution in [2.45, 2.75) is 11.3 Å². The summed E-state index contributed by atoms with van der Waals surface area (Å²) in [5.74, 6) is 2.37. The minimum Gasteiger partial charge on any atom is -0.371 e. The van der Waals surface area contributed by atoms with Crippen LogP contribution in [0.1, 0.15) is 16.8 Å². The van der Waals surface area contributed by atoms with Crippen LogP contribution in [0.5, 0.6) is 0 Å². The number of sulfonamides is 1. The Morgan fingerprint density at radius 3 is 2.69 bits per heavy atom. The molecule has 0 bridgehead atoms. The highest BCUT2D eigenvalue weighted by Gasteiger charge is 2.23. The smallest absolute Gasteiger partial charge is 0.251 e. The number of carbonyl (C=O) groups excluding carboxylic acids is 1. The van der Waals surface area contributed by atoms with Gasteiger partial charge in [-0.25, -0.2) is 8.42 Å². The van der Waals surface area contributed by atoms with Crippen LogP contribution in [0.25, 0.3) is 0 Å². The first kappa shape index (κ1) is 21.4. The van der Waals surface area contributed by atoms with Crippen LogP contribution in [0.2, 0.25) is 0 Å². The Morgan fingerprint density at radius 2 is 2.00 bits per heavy atom. The lowest BCUT2D eigenvalue weighted by molar-refractivity contribution is 0.0948. The minimum absolute atomic E-state index is 0.0738. The number of hydrogen-bond acceptors (Lipinski definition) is 4. The molecular weight excluding hydrogens is 454 g/mol. The van der Waals surface area contributed by atoms with Crippen molar-refractivity contribution in [2.24, 2.45) is 5.92 Å². The van der Waals surface area contributed by atoms with Gasteiger partial charge in [0.25, 0.3) is 5.91 Å². The van der Waals surface area contributed by atoms with Crippen molar-refractivity contribution < 1.29 is 13.2 Å². The standard InChI is InChI=1S/C21H22BrN3O3S/c1-2-11-24-29(27,28)20-8-6-17(7-9-20)21(26)23-14-16-10-12-25(15-16)19-5-3-4-18(22)13-19/h1,3-9,13,16,24H,10-12,14-15H2,(H,23,26). The first-order chi connectivity index (χ1) is 13.9. The average Bonchev–Trinajstić information content (AvgIpc) is 3.20. The van der Waals surface area contributed by atoms with E-state index in [2.05, 4.69) is 48.9 Å². The Balaban J connectivity index is 1.53. The molecular formula is C21H22BrN3O3S. The fraction of sp³-hybridized carbons (Fsp3) is 0.286. The normalized spacial score (nSPS) is 16.4. The van der Waals surface area contributed by atoms with E-state index in [-0.39, 0.29) is 17.3 Å². The lowest BCUT2D eigenvalue weighted by Crippen LogP contribution is -2.31. The number of benzene rings is 2. The Kier molecular flexibility index (Phi) is 6.96. The van der Waals surface area contributed by atoms with Crippen molar-refractivity contribution in [3.8, 4) is 12.3 Å². The van der Waals surface area contributed by atoms with E-state index in [9.17, 15) is 13.2 Å². The van der Waals surface area contributed by atoms with E-state index in [0.29, 0.717) is 18.0 Å². The van der Waals surface area contributed by atoms with Gasteiger partial charge in [-0.15, -0.1) is 6.42 Å². The third-order valence-corrected chi connectivity index (χ3v) is 6.71. The van der Waals surface area contributed by atoms with Crippen molar-refractivity contribution in [1.82, 2.24) is 10.0 Å². The molecule has 2 N–H and O–H groups in total. The predicted octanol–water partition coefficient (Wildman–Crippen LogP) is 2.62. The van der Waals surface area contributed by atoms with E-state index in [1.165, 1.54) is 30.0 Å². The van der Waals surface area contributed by atoms with E-state index < -0.39 is 10.0 Å². The van der Waals surface area contributed by atoms with Gasteiger partial charge in [0.05, 0.1) is 11.4 Å². The Bertz CT molecular complexity index is 1020. The van der Waals surface area contributed by atoms with E-state index in [1.54, 1.807) is 0 Å². The van der Waals surface area contributed by atoms with Crippen LogP contribution >= 0.6 is 15.9 Å². The SMILES string of the molecule is C#CCNS(=O)(=O)c1ccc(C(=O)NCC2CCN(c3cccc(Br)c3)C2)cc1. The molecule has 0 aliphatic carbocycles. The van der Waals surface area contributed by atoms with Crippen molar-refractivity contribution in [1.29, 1.82) is 0 Å². The van der Waals surface area contributed by atoms with Gasteiger partial charge in [-0.1, -0.05) is 27.9 Å². The number of carbonyl (C=O) groups is 1. The summed E-state index contributed by atoms with van der Waals surface area (Å²) in [5.41, 5.74) is 1.59. The minimum atomic E-state index is -3.66. The lowest BCUT2D eigenvalue weighted by Gasteiger charge is -2.19. The topological polar surface area (TPSA) is 78.5 Å². The fourth-order valence-corrected chi connectivity index (χ4v) is 4.57. The van der Waals surface area contributed by atoms with Crippen LogP contribution in [0.4, 0.5) is 5.69 Å². The molecule has 6 nitrogen and oxygen atoms in total. The van der Waals surface area contributed by atoms with Crippen LogP contribution in [-0.4, -0.2) is 40.5 Å². The number of nitrogens with zero attached hydrogens (tertiary/aromatic N) is 1. The Labute approximate surface area is 179 Å². The maximum atomic E-state index is 12.4. The van der Waals surface area contributed by atoms with E-state index >= 15 is 0 Å². The molecule has 1 atom stereocenters. The molecule has 152 valence electrons. The summed E-state index contributed by atoms with van der Waals surface area (Å²) < 4.78 is 27.4. The first-order valence-electron chi connectivity index (χ1n) is 9.21. The van der Waals surface area contributed by atoms with Gasteiger partial charge in [0.15, 0.2) is 0 Å². The zero-order valence-corrected chi connectivity index (χ0v) is 18.2. The zero-order chi connectivity index (χ0) is 20.9. The van der Waals surface area contributed by atoms with E-state index in [0.717, 1.165) is 24.0 Å². The molecule has 2 aromatic rings. The van der Waals surface area contributed by atoms with Gasteiger partial charge >= 0.3 is 0 Å². The summed E-state index contributed by atoms with van der Waals surface area (Å²) in [6, 6.07) is 14.0. The molecule has 3 rings (SSSR count). The van der Waals surface area contributed by atoms with Crippen LogP contribution < -0.4 is 14.9 Å².